The van der Waals surface area contributed by atoms with E-state index in [-0.39, 0.29) is 29.7 Å². The van der Waals surface area contributed by atoms with Gasteiger partial charge in [0.1, 0.15) is 11.9 Å². The minimum absolute atomic E-state index is 0.0623. The summed E-state index contributed by atoms with van der Waals surface area (Å²) in [5.74, 6) is -1.40. The summed E-state index contributed by atoms with van der Waals surface area (Å²) in [6, 6.07) is 3.07. The lowest BCUT2D eigenvalue weighted by atomic mass is 9.79. The maximum Gasteiger partial charge on any atom is 0.326 e. The van der Waals surface area contributed by atoms with Gasteiger partial charge in [-0.2, -0.15) is 0 Å². The molecule has 228 valence electrons. The highest BCUT2D eigenvalue weighted by Crippen LogP contribution is 2.34. The molecule has 42 heavy (non-hydrogen) atoms. The minimum Gasteiger partial charge on any atom is -0.480 e. The number of hydrogen-bond donors (Lipinski definition) is 3. The number of nitrogens with zero attached hydrogens (tertiary/aromatic N) is 4. The van der Waals surface area contributed by atoms with E-state index in [1.807, 2.05) is 7.05 Å². The van der Waals surface area contributed by atoms with Crippen LogP contribution < -0.4 is 10.6 Å². The maximum absolute atomic E-state index is 14.6. The van der Waals surface area contributed by atoms with Gasteiger partial charge in [-0.25, -0.2) is 14.2 Å². The third kappa shape index (κ3) is 7.75. The molecule has 1 saturated heterocycles. The summed E-state index contributed by atoms with van der Waals surface area (Å²) in [5.41, 5.74) is 2.40. The highest BCUT2D eigenvalue weighted by atomic mass is 35.5. The number of piperazine rings is 1. The summed E-state index contributed by atoms with van der Waals surface area (Å²) in [6.07, 6.45) is 7.12. The fourth-order valence-corrected chi connectivity index (χ4v) is 6.07. The Morgan fingerprint density at radius 2 is 2.05 bits per heavy atom. The van der Waals surface area contributed by atoms with Gasteiger partial charge in [-0.15, -0.1) is 0 Å². The highest BCUT2D eigenvalue weighted by Gasteiger charge is 2.31. The van der Waals surface area contributed by atoms with Crippen LogP contribution in [0.3, 0.4) is 0 Å². The van der Waals surface area contributed by atoms with Gasteiger partial charge in [-0.3, -0.25) is 14.7 Å². The van der Waals surface area contributed by atoms with Gasteiger partial charge in [-0.1, -0.05) is 17.7 Å². The van der Waals surface area contributed by atoms with Crippen molar-refractivity contribution in [3.05, 3.63) is 51.7 Å². The van der Waals surface area contributed by atoms with E-state index < -0.39 is 23.7 Å². The SMILES string of the molecule is CN1CCN(Cc2ncc(F)c(C(=O)N[C@@H](CCOC3CC(CCc4ccc5c(n4)NCCC5)C3)C(=O)O)c2Cl)CC1. The van der Waals surface area contributed by atoms with Crippen molar-refractivity contribution < 1.29 is 23.8 Å². The third-order valence-corrected chi connectivity index (χ3v) is 8.97. The number of hydrogen-bond acceptors (Lipinski definition) is 8. The number of halogens is 2. The lowest BCUT2D eigenvalue weighted by Crippen LogP contribution is -2.44. The largest absolute Gasteiger partial charge is 0.480 e. The van der Waals surface area contributed by atoms with Crippen molar-refractivity contribution >= 4 is 29.3 Å². The summed E-state index contributed by atoms with van der Waals surface area (Å²) < 4.78 is 20.6. The number of amides is 1. The molecule has 1 atom stereocenters. The van der Waals surface area contributed by atoms with Crippen LogP contribution in [0.15, 0.2) is 18.3 Å². The second-order valence-electron chi connectivity index (χ2n) is 11.7. The number of aliphatic carboxylic acids is 1. The third-order valence-electron chi connectivity index (χ3n) is 8.56. The smallest absolute Gasteiger partial charge is 0.326 e. The maximum atomic E-state index is 14.6. The normalized spacial score (nSPS) is 21.6. The molecule has 0 aromatic carbocycles. The van der Waals surface area contributed by atoms with Gasteiger partial charge in [0.15, 0.2) is 5.82 Å². The topological polar surface area (TPSA) is 120 Å². The number of ether oxygens (including phenoxy) is 1. The number of aryl methyl sites for hydroxylation is 2. The lowest BCUT2D eigenvalue weighted by molar-refractivity contribution is -0.140. The van der Waals surface area contributed by atoms with E-state index in [0.29, 0.717) is 18.2 Å². The quantitative estimate of drug-likeness (QED) is 0.336. The van der Waals surface area contributed by atoms with Crippen molar-refractivity contribution in [2.24, 2.45) is 5.92 Å². The summed E-state index contributed by atoms with van der Waals surface area (Å²) in [7, 11) is 2.05. The number of rotatable bonds is 12. The molecule has 5 rings (SSSR count). The second kappa shape index (κ2) is 14.1. The Bertz CT molecular complexity index is 1270. The Hall–Kier alpha value is -2.86. The number of carbonyl (C=O) groups is 2. The number of nitrogens with one attached hydrogen (secondary N) is 2. The second-order valence-corrected chi connectivity index (χ2v) is 12.1. The molecule has 0 spiro atoms. The van der Waals surface area contributed by atoms with Crippen LogP contribution in [0.25, 0.3) is 0 Å². The molecular weight excluding hydrogens is 563 g/mol. The first-order valence-electron chi connectivity index (χ1n) is 14.9. The van der Waals surface area contributed by atoms with Crippen molar-refractivity contribution in [2.45, 2.75) is 63.6 Å². The first-order chi connectivity index (χ1) is 20.3. The van der Waals surface area contributed by atoms with E-state index in [0.717, 1.165) is 89.0 Å². The zero-order chi connectivity index (χ0) is 29.6. The molecule has 2 aliphatic heterocycles. The number of aromatic nitrogens is 2. The number of fused-ring (bicyclic) bond motifs is 1. The number of carboxylic acids is 1. The van der Waals surface area contributed by atoms with Crippen molar-refractivity contribution in [1.29, 1.82) is 0 Å². The number of anilines is 1. The fraction of sp³-hybridized carbons (Fsp3) is 0.600. The van der Waals surface area contributed by atoms with Crippen LogP contribution in [-0.4, -0.2) is 95.3 Å². The molecular formula is C30H40ClFN6O4. The van der Waals surface area contributed by atoms with Crippen LogP contribution in [0.1, 0.15) is 59.4 Å². The van der Waals surface area contributed by atoms with Gasteiger partial charge in [-0.05, 0) is 63.1 Å². The molecule has 2 aromatic heterocycles. The molecule has 12 heteroatoms. The standard InChI is InChI=1S/C30H40ClFN6O4/c1-37-10-12-38(13-11-37)18-25-27(31)26(23(32)17-34-25)29(39)36-24(30(40)41)8-14-42-22-15-19(16-22)4-6-21-7-5-20-3-2-9-33-28(20)35-21/h5,7,17,19,22,24H,2-4,6,8-16,18H2,1H3,(H,33,35)(H,36,39)(H,40,41)/t19?,22?,24-/m0/s1. The van der Waals surface area contributed by atoms with Gasteiger partial charge < -0.3 is 25.4 Å². The number of likely N-dealkylation sites (N-methyl/N-ethyl adjacent to an activating group) is 1. The zero-order valence-electron chi connectivity index (χ0n) is 24.1. The molecule has 0 bridgehead atoms. The zero-order valence-corrected chi connectivity index (χ0v) is 24.8. The van der Waals surface area contributed by atoms with E-state index >= 15 is 0 Å². The highest BCUT2D eigenvalue weighted by molar-refractivity contribution is 6.34. The Labute approximate surface area is 251 Å². The molecule has 1 aliphatic carbocycles. The Balaban J connectivity index is 1.06. The fourth-order valence-electron chi connectivity index (χ4n) is 5.79. The van der Waals surface area contributed by atoms with E-state index in [9.17, 15) is 19.1 Å². The van der Waals surface area contributed by atoms with Crippen molar-refractivity contribution in [3.8, 4) is 0 Å². The van der Waals surface area contributed by atoms with Crippen LogP contribution in [0.5, 0.6) is 0 Å². The predicted octanol–water partition coefficient (Wildman–Crippen LogP) is 3.38. The van der Waals surface area contributed by atoms with Crippen molar-refractivity contribution in [1.82, 2.24) is 25.1 Å². The summed E-state index contributed by atoms with van der Waals surface area (Å²) in [4.78, 5) is 38.1. The average Bonchev–Trinajstić information content (AvgIpc) is 2.95. The average molecular weight is 603 g/mol. The van der Waals surface area contributed by atoms with Gasteiger partial charge in [0.05, 0.1) is 28.6 Å². The molecule has 2 fully saturated rings. The lowest BCUT2D eigenvalue weighted by Gasteiger charge is -2.35. The summed E-state index contributed by atoms with van der Waals surface area (Å²) in [5, 5.41) is 15.4. The van der Waals surface area contributed by atoms with Crippen LogP contribution >= 0.6 is 11.6 Å². The van der Waals surface area contributed by atoms with Crippen LogP contribution in [0.2, 0.25) is 5.02 Å². The Morgan fingerprint density at radius 1 is 1.26 bits per heavy atom. The van der Waals surface area contributed by atoms with Crippen molar-refractivity contribution in [3.63, 3.8) is 0 Å². The number of carbonyl (C=O) groups excluding carboxylic acids is 1. The van der Waals surface area contributed by atoms with Crippen LogP contribution in [0, 0.1) is 11.7 Å². The monoisotopic (exact) mass is 602 g/mol. The van der Waals surface area contributed by atoms with Gasteiger partial charge in [0.25, 0.3) is 5.91 Å². The number of carboxylic acid groups (broad SMARTS) is 1. The van der Waals surface area contributed by atoms with E-state index in [1.54, 1.807) is 0 Å². The first kappa shape index (κ1) is 30.6. The minimum atomic E-state index is -1.23. The summed E-state index contributed by atoms with van der Waals surface area (Å²) in [6.45, 7) is 4.92. The van der Waals surface area contributed by atoms with Gasteiger partial charge in [0, 0.05) is 58.0 Å². The molecule has 2 aromatic rings. The molecule has 0 unspecified atom stereocenters. The van der Waals surface area contributed by atoms with Gasteiger partial charge >= 0.3 is 5.97 Å². The molecule has 1 amide bonds. The molecule has 10 nitrogen and oxygen atoms in total. The predicted molar refractivity (Wildman–Crippen MR) is 157 cm³/mol. The molecule has 0 radical (unpaired) electrons. The summed E-state index contributed by atoms with van der Waals surface area (Å²) >= 11 is 6.42. The van der Waals surface area contributed by atoms with Gasteiger partial charge in [0.2, 0.25) is 0 Å². The molecule has 4 heterocycles. The molecule has 1 saturated carbocycles. The van der Waals surface area contributed by atoms with E-state index in [2.05, 4.69) is 37.6 Å². The van der Waals surface area contributed by atoms with E-state index in [1.165, 1.54) is 5.56 Å². The molecule has 3 aliphatic rings. The number of pyridine rings is 2. The first-order valence-corrected chi connectivity index (χ1v) is 15.3. The van der Waals surface area contributed by atoms with Crippen molar-refractivity contribution in [2.75, 3.05) is 51.7 Å². The Kier molecular flexibility index (Phi) is 10.3. The Morgan fingerprint density at radius 3 is 2.81 bits per heavy atom. The molecule has 3 N–H and O–H groups in total. The van der Waals surface area contributed by atoms with Crippen LogP contribution in [0.4, 0.5) is 10.2 Å². The van der Waals surface area contributed by atoms with Crippen LogP contribution in [-0.2, 0) is 28.9 Å². The van der Waals surface area contributed by atoms with E-state index in [4.69, 9.17) is 21.3 Å².